The summed E-state index contributed by atoms with van der Waals surface area (Å²) in [5.74, 6) is -0.882. The third-order valence-electron chi connectivity index (χ3n) is 2.66. The summed E-state index contributed by atoms with van der Waals surface area (Å²) in [5, 5.41) is 12.5. The Morgan fingerprint density at radius 2 is 1.82 bits per heavy atom. The number of carboxylic acid groups (broad SMARTS) is 1. The summed E-state index contributed by atoms with van der Waals surface area (Å²) < 4.78 is 0. The van der Waals surface area contributed by atoms with Gasteiger partial charge in [0.1, 0.15) is 5.54 Å². The molecular weight excluding hydrogens is 216 g/mol. The number of nitrogens with zero attached hydrogens (tertiary/aromatic N) is 1. The number of aliphatic carboxylic acids is 1. The predicted octanol–water partition coefficient (Wildman–Crippen LogP) is 2.02. The summed E-state index contributed by atoms with van der Waals surface area (Å²) in [7, 11) is 0. The van der Waals surface area contributed by atoms with Gasteiger partial charge >= 0.3 is 5.97 Å². The molecule has 0 radical (unpaired) electrons. The van der Waals surface area contributed by atoms with Gasteiger partial charge in [-0.2, -0.15) is 0 Å². The second-order valence-corrected chi connectivity index (χ2v) is 5.58. The molecular formula is C13H20N2O2. The van der Waals surface area contributed by atoms with Crippen LogP contribution in [0.1, 0.15) is 33.3 Å². The maximum absolute atomic E-state index is 11.5. The highest BCUT2D eigenvalue weighted by atomic mass is 16.4. The fourth-order valence-corrected chi connectivity index (χ4v) is 1.43. The molecule has 1 heterocycles. The van der Waals surface area contributed by atoms with Crippen LogP contribution in [-0.2, 0) is 10.3 Å². The number of nitrogens with one attached hydrogen (secondary N) is 1. The minimum absolute atomic E-state index is 0.0315. The molecule has 0 saturated carbocycles. The highest BCUT2D eigenvalue weighted by Crippen LogP contribution is 2.22. The number of carboxylic acids is 1. The molecule has 2 N–H and O–H groups in total. The lowest BCUT2D eigenvalue weighted by Crippen LogP contribution is -2.49. The van der Waals surface area contributed by atoms with Crippen molar-refractivity contribution in [3.8, 4) is 0 Å². The number of hydrogen-bond donors (Lipinski definition) is 2. The molecule has 1 aromatic rings. The number of aromatic nitrogens is 1. The van der Waals surface area contributed by atoms with Gasteiger partial charge < -0.3 is 5.11 Å². The summed E-state index contributed by atoms with van der Waals surface area (Å²) >= 11 is 0. The van der Waals surface area contributed by atoms with Gasteiger partial charge in [-0.05, 0) is 30.0 Å². The maximum atomic E-state index is 11.5. The van der Waals surface area contributed by atoms with Gasteiger partial charge in [0.15, 0.2) is 0 Å². The van der Waals surface area contributed by atoms with Crippen molar-refractivity contribution >= 4 is 5.97 Å². The monoisotopic (exact) mass is 236 g/mol. The Balaban J connectivity index is 2.95. The van der Waals surface area contributed by atoms with Crippen LogP contribution < -0.4 is 5.32 Å². The summed E-state index contributed by atoms with van der Waals surface area (Å²) in [5.41, 5.74) is -0.329. The molecule has 1 atom stereocenters. The van der Waals surface area contributed by atoms with Crippen LogP contribution in [0.3, 0.4) is 0 Å². The van der Waals surface area contributed by atoms with E-state index in [0.717, 1.165) is 0 Å². The first kappa shape index (κ1) is 13.6. The average molecular weight is 236 g/mol. The van der Waals surface area contributed by atoms with E-state index in [9.17, 15) is 9.90 Å². The van der Waals surface area contributed by atoms with Crippen molar-refractivity contribution in [2.24, 2.45) is 5.41 Å². The fraction of sp³-hybridized carbons (Fsp3) is 0.538. The molecule has 0 amide bonds. The Morgan fingerprint density at radius 3 is 2.24 bits per heavy atom. The van der Waals surface area contributed by atoms with Crippen LogP contribution in [0.2, 0.25) is 0 Å². The molecule has 0 fully saturated rings. The Hall–Kier alpha value is -1.42. The molecule has 17 heavy (non-hydrogen) atoms. The fourth-order valence-electron chi connectivity index (χ4n) is 1.43. The summed E-state index contributed by atoms with van der Waals surface area (Å²) in [6, 6.07) is 3.45. The molecule has 94 valence electrons. The molecule has 0 aliphatic carbocycles. The molecule has 1 rings (SSSR count). The quantitative estimate of drug-likeness (QED) is 0.839. The molecule has 1 unspecified atom stereocenters. The zero-order chi connectivity index (χ0) is 13.1. The highest BCUT2D eigenvalue weighted by molar-refractivity contribution is 5.80. The molecule has 0 aliphatic heterocycles. The van der Waals surface area contributed by atoms with E-state index in [-0.39, 0.29) is 5.41 Å². The van der Waals surface area contributed by atoms with E-state index in [1.54, 1.807) is 31.5 Å². The number of rotatable bonds is 4. The van der Waals surface area contributed by atoms with Crippen LogP contribution in [0.4, 0.5) is 0 Å². The molecule has 0 bridgehead atoms. The van der Waals surface area contributed by atoms with E-state index in [1.165, 1.54) is 0 Å². The average Bonchev–Trinajstić information content (AvgIpc) is 2.26. The third kappa shape index (κ3) is 3.53. The molecule has 0 saturated heterocycles. The number of pyridine rings is 1. The van der Waals surface area contributed by atoms with Crippen LogP contribution >= 0.6 is 0 Å². The molecule has 0 aromatic carbocycles. The van der Waals surface area contributed by atoms with Gasteiger partial charge in [-0.1, -0.05) is 20.8 Å². The Morgan fingerprint density at radius 1 is 1.29 bits per heavy atom. The first-order valence-corrected chi connectivity index (χ1v) is 5.65. The van der Waals surface area contributed by atoms with Crippen molar-refractivity contribution in [3.05, 3.63) is 30.1 Å². The second-order valence-electron chi connectivity index (χ2n) is 5.58. The van der Waals surface area contributed by atoms with Gasteiger partial charge in [0.2, 0.25) is 0 Å². The summed E-state index contributed by atoms with van der Waals surface area (Å²) in [6.07, 6.45) is 3.21. The predicted molar refractivity (Wildman–Crippen MR) is 66.7 cm³/mol. The van der Waals surface area contributed by atoms with E-state index in [1.807, 2.05) is 0 Å². The Labute approximate surface area is 102 Å². The minimum Gasteiger partial charge on any atom is -0.480 e. The highest BCUT2D eigenvalue weighted by Gasteiger charge is 2.35. The van der Waals surface area contributed by atoms with Crippen LogP contribution in [0.5, 0.6) is 0 Å². The van der Waals surface area contributed by atoms with Gasteiger partial charge in [-0.15, -0.1) is 0 Å². The minimum atomic E-state index is -1.07. The standard InChI is InChI=1S/C13H20N2O2/c1-12(2,3)9-15-13(4,11(16)17)10-5-7-14-8-6-10/h5-8,15H,9H2,1-4H3,(H,16,17). The lowest BCUT2D eigenvalue weighted by atomic mass is 9.89. The van der Waals surface area contributed by atoms with Gasteiger partial charge in [0.25, 0.3) is 0 Å². The van der Waals surface area contributed by atoms with Crippen molar-refractivity contribution in [2.45, 2.75) is 33.2 Å². The summed E-state index contributed by atoms with van der Waals surface area (Å²) in [6.45, 7) is 8.49. The Bertz CT molecular complexity index is 384. The molecule has 0 aliphatic rings. The Kier molecular flexibility index (Phi) is 3.88. The molecule has 0 spiro atoms. The normalized spacial score (nSPS) is 15.3. The van der Waals surface area contributed by atoms with E-state index < -0.39 is 11.5 Å². The zero-order valence-electron chi connectivity index (χ0n) is 10.8. The van der Waals surface area contributed by atoms with Crippen LogP contribution in [-0.4, -0.2) is 22.6 Å². The van der Waals surface area contributed by atoms with Crippen molar-refractivity contribution in [2.75, 3.05) is 6.54 Å². The third-order valence-corrected chi connectivity index (χ3v) is 2.66. The van der Waals surface area contributed by atoms with E-state index in [0.29, 0.717) is 12.1 Å². The van der Waals surface area contributed by atoms with E-state index in [2.05, 4.69) is 31.1 Å². The number of carbonyl (C=O) groups is 1. The van der Waals surface area contributed by atoms with Crippen molar-refractivity contribution in [1.29, 1.82) is 0 Å². The SMILES string of the molecule is CC(C)(C)CNC(C)(C(=O)O)c1ccncc1. The van der Waals surface area contributed by atoms with Crippen molar-refractivity contribution in [3.63, 3.8) is 0 Å². The first-order valence-electron chi connectivity index (χ1n) is 5.65. The first-order chi connectivity index (χ1) is 7.76. The number of hydrogen-bond acceptors (Lipinski definition) is 3. The van der Waals surface area contributed by atoms with Gasteiger partial charge in [-0.3, -0.25) is 10.3 Å². The topological polar surface area (TPSA) is 62.2 Å². The van der Waals surface area contributed by atoms with E-state index >= 15 is 0 Å². The molecule has 1 aromatic heterocycles. The zero-order valence-corrected chi connectivity index (χ0v) is 10.8. The van der Waals surface area contributed by atoms with Gasteiger partial charge in [0.05, 0.1) is 0 Å². The van der Waals surface area contributed by atoms with Crippen LogP contribution in [0, 0.1) is 5.41 Å². The van der Waals surface area contributed by atoms with Gasteiger partial charge in [-0.25, -0.2) is 4.79 Å². The van der Waals surface area contributed by atoms with Crippen molar-refractivity contribution < 1.29 is 9.90 Å². The smallest absolute Gasteiger partial charge is 0.328 e. The van der Waals surface area contributed by atoms with E-state index in [4.69, 9.17) is 0 Å². The lowest BCUT2D eigenvalue weighted by Gasteiger charge is -2.30. The van der Waals surface area contributed by atoms with Crippen molar-refractivity contribution in [1.82, 2.24) is 10.3 Å². The summed E-state index contributed by atoms with van der Waals surface area (Å²) in [4.78, 5) is 15.4. The van der Waals surface area contributed by atoms with Crippen LogP contribution in [0.15, 0.2) is 24.5 Å². The molecule has 4 heteroatoms. The second kappa shape index (κ2) is 4.84. The van der Waals surface area contributed by atoms with Gasteiger partial charge in [0, 0.05) is 18.9 Å². The largest absolute Gasteiger partial charge is 0.480 e. The lowest BCUT2D eigenvalue weighted by molar-refractivity contribution is -0.144. The maximum Gasteiger partial charge on any atom is 0.328 e. The van der Waals surface area contributed by atoms with Crippen LogP contribution in [0.25, 0.3) is 0 Å². The molecule has 4 nitrogen and oxygen atoms in total.